The van der Waals surface area contributed by atoms with Crippen molar-refractivity contribution in [2.45, 2.75) is 6.54 Å². The number of aliphatic carboxylic acids is 1. The van der Waals surface area contributed by atoms with Crippen LogP contribution in [0, 0.1) is 5.82 Å². The third-order valence-corrected chi connectivity index (χ3v) is 1.49. The zero-order valence-corrected chi connectivity index (χ0v) is 8.18. The number of halogens is 2. The van der Waals surface area contributed by atoms with Crippen LogP contribution in [0.25, 0.3) is 0 Å². The van der Waals surface area contributed by atoms with Gasteiger partial charge in [-0.25, -0.2) is 4.39 Å². The molecule has 0 aliphatic carbocycles. The van der Waals surface area contributed by atoms with E-state index in [1.165, 1.54) is 12.1 Å². The molecule has 0 aromatic heterocycles. The first kappa shape index (κ1) is 12.9. The van der Waals surface area contributed by atoms with E-state index in [2.05, 4.69) is 5.32 Å². The van der Waals surface area contributed by atoms with Crippen LogP contribution < -0.4 is 5.32 Å². The van der Waals surface area contributed by atoms with Crippen LogP contribution >= 0.6 is 12.4 Å². The zero-order chi connectivity index (χ0) is 9.68. The summed E-state index contributed by atoms with van der Waals surface area (Å²) in [5.74, 6) is -1.23. The fourth-order valence-corrected chi connectivity index (χ4v) is 0.961. The van der Waals surface area contributed by atoms with Gasteiger partial charge in [0.15, 0.2) is 0 Å². The average molecular weight is 220 g/mol. The van der Waals surface area contributed by atoms with Crippen molar-refractivity contribution in [2.75, 3.05) is 6.54 Å². The lowest BCUT2D eigenvalue weighted by atomic mass is 10.2. The fraction of sp³-hybridized carbons (Fsp3) is 0.222. The van der Waals surface area contributed by atoms with Gasteiger partial charge in [-0.3, -0.25) is 4.79 Å². The summed E-state index contributed by atoms with van der Waals surface area (Å²) in [4.78, 5) is 10.1. The van der Waals surface area contributed by atoms with Gasteiger partial charge in [0.25, 0.3) is 0 Å². The molecule has 0 amide bonds. The van der Waals surface area contributed by atoms with Crippen LogP contribution in [0.4, 0.5) is 4.39 Å². The quantitative estimate of drug-likeness (QED) is 0.805. The third kappa shape index (κ3) is 4.79. The molecule has 0 aliphatic heterocycles. The molecule has 5 heteroatoms. The summed E-state index contributed by atoms with van der Waals surface area (Å²) >= 11 is 0. The van der Waals surface area contributed by atoms with Gasteiger partial charge in [0.05, 0.1) is 6.54 Å². The molecule has 78 valence electrons. The summed E-state index contributed by atoms with van der Waals surface area (Å²) in [6.07, 6.45) is 0. The summed E-state index contributed by atoms with van der Waals surface area (Å²) in [7, 11) is 0. The molecule has 0 heterocycles. The summed E-state index contributed by atoms with van der Waals surface area (Å²) in [6, 6.07) is 6.04. The van der Waals surface area contributed by atoms with E-state index in [-0.39, 0.29) is 24.8 Å². The smallest absolute Gasteiger partial charge is 0.317 e. The summed E-state index contributed by atoms with van der Waals surface area (Å²) in [5.41, 5.74) is 0.737. The van der Waals surface area contributed by atoms with Crippen LogP contribution in [0.3, 0.4) is 0 Å². The molecule has 0 aliphatic rings. The predicted molar refractivity (Wildman–Crippen MR) is 53.0 cm³/mol. The molecule has 0 bridgehead atoms. The van der Waals surface area contributed by atoms with E-state index in [1.54, 1.807) is 12.1 Å². The highest BCUT2D eigenvalue weighted by atomic mass is 35.5. The van der Waals surface area contributed by atoms with E-state index in [1.807, 2.05) is 0 Å². The van der Waals surface area contributed by atoms with Gasteiger partial charge in [-0.2, -0.15) is 0 Å². The SMILES string of the molecule is Cl.O=C(O)CNCc1cccc(F)c1. The van der Waals surface area contributed by atoms with Crippen LogP contribution in [-0.2, 0) is 11.3 Å². The van der Waals surface area contributed by atoms with Gasteiger partial charge in [-0.05, 0) is 17.7 Å². The molecule has 0 unspecified atom stereocenters. The Morgan fingerprint density at radius 2 is 2.21 bits per heavy atom. The van der Waals surface area contributed by atoms with Crippen molar-refractivity contribution in [3.8, 4) is 0 Å². The van der Waals surface area contributed by atoms with Gasteiger partial charge in [0.2, 0.25) is 0 Å². The molecule has 3 nitrogen and oxygen atoms in total. The van der Waals surface area contributed by atoms with Gasteiger partial charge < -0.3 is 10.4 Å². The average Bonchev–Trinajstić information content (AvgIpc) is 2.03. The topological polar surface area (TPSA) is 49.3 Å². The molecule has 0 radical (unpaired) electrons. The van der Waals surface area contributed by atoms with Crippen molar-refractivity contribution >= 4 is 18.4 Å². The van der Waals surface area contributed by atoms with E-state index in [0.717, 1.165) is 5.56 Å². The molecule has 1 aromatic carbocycles. The number of rotatable bonds is 4. The van der Waals surface area contributed by atoms with Crippen LogP contribution in [-0.4, -0.2) is 17.6 Å². The number of hydrogen-bond donors (Lipinski definition) is 2. The Hall–Kier alpha value is -1.13. The number of hydrogen-bond acceptors (Lipinski definition) is 2. The second-order valence-electron chi connectivity index (χ2n) is 2.63. The minimum Gasteiger partial charge on any atom is -0.480 e. The Morgan fingerprint density at radius 3 is 2.79 bits per heavy atom. The maximum atomic E-state index is 12.6. The Morgan fingerprint density at radius 1 is 1.50 bits per heavy atom. The molecule has 14 heavy (non-hydrogen) atoms. The maximum absolute atomic E-state index is 12.6. The monoisotopic (exact) mass is 219 g/mol. The lowest BCUT2D eigenvalue weighted by Crippen LogP contribution is -2.21. The van der Waals surface area contributed by atoms with E-state index in [9.17, 15) is 9.18 Å². The first-order chi connectivity index (χ1) is 6.18. The normalized spacial score (nSPS) is 9.21. The minimum atomic E-state index is -0.920. The highest BCUT2D eigenvalue weighted by Crippen LogP contribution is 2.02. The van der Waals surface area contributed by atoms with Crippen molar-refractivity contribution in [1.29, 1.82) is 0 Å². The molecule has 2 N–H and O–H groups in total. The number of nitrogens with one attached hydrogen (secondary N) is 1. The number of carboxylic acids is 1. The number of carbonyl (C=O) groups is 1. The molecule has 0 atom stereocenters. The second kappa shape index (κ2) is 6.34. The maximum Gasteiger partial charge on any atom is 0.317 e. The second-order valence-corrected chi connectivity index (χ2v) is 2.63. The molecule has 1 aromatic rings. The van der Waals surface area contributed by atoms with Gasteiger partial charge in [-0.1, -0.05) is 12.1 Å². The Balaban J connectivity index is 0.00000169. The molecular weight excluding hydrogens is 209 g/mol. The van der Waals surface area contributed by atoms with Gasteiger partial charge >= 0.3 is 5.97 Å². The van der Waals surface area contributed by atoms with Crippen LogP contribution in [0.5, 0.6) is 0 Å². The van der Waals surface area contributed by atoms with E-state index in [0.29, 0.717) is 6.54 Å². The Labute approximate surface area is 87.4 Å². The largest absolute Gasteiger partial charge is 0.480 e. The standard InChI is InChI=1S/C9H10FNO2.ClH/c10-8-3-1-2-7(4-8)5-11-6-9(12)13;/h1-4,11H,5-6H2,(H,12,13);1H. The molecule has 1 rings (SSSR count). The number of benzene rings is 1. The zero-order valence-electron chi connectivity index (χ0n) is 7.37. The minimum absolute atomic E-state index is 0. The van der Waals surface area contributed by atoms with Crippen molar-refractivity contribution in [3.05, 3.63) is 35.6 Å². The summed E-state index contributed by atoms with van der Waals surface area (Å²) in [5, 5.41) is 11.0. The predicted octanol–water partition coefficient (Wildman–Crippen LogP) is 1.42. The Bertz CT molecular complexity index is 307. The number of carboxylic acid groups (broad SMARTS) is 1. The summed E-state index contributed by atoms with van der Waals surface area (Å²) in [6.45, 7) is 0.251. The van der Waals surface area contributed by atoms with Crippen molar-refractivity contribution in [2.24, 2.45) is 0 Å². The van der Waals surface area contributed by atoms with Crippen LogP contribution in [0.2, 0.25) is 0 Å². The third-order valence-electron chi connectivity index (χ3n) is 1.49. The molecule has 0 spiro atoms. The van der Waals surface area contributed by atoms with Gasteiger partial charge in [-0.15, -0.1) is 12.4 Å². The van der Waals surface area contributed by atoms with Gasteiger partial charge in [0.1, 0.15) is 5.82 Å². The van der Waals surface area contributed by atoms with Gasteiger partial charge in [0, 0.05) is 6.54 Å². The van der Waals surface area contributed by atoms with E-state index >= 15 is 0 Å². The first-order valence-corrected chi connectivity index (χ1v) is 3.85. The lowest BCUT2D eigenvalue weighted by Gasteiger charge is -2.01. The van der Waals surface area contributed by atoms with Crippen LogP contribution in [0.1, 0.15) is 5.56 Å². The first-order valence-electron chi connectivity index (χ1n) is 3.85. The highest BCUT2D eigenvalue weighted by molar-refractivity contribution is 5.85. The lowest BCUT2D eigenvalue weighted by molar-refractivity contribution is -0.135. The molecule has 0 fully saturated rings. The molecule has 0 saturated carbocycles. The van der Waals surface area contributed by atoms with Crippen molar-refractivity contribution in [3.63, 3.8) is 0 Å². The molecular formula is C9H11ClFNO2. The van der Waals surface area contributed by atoms with Crippen molar-refractivity contribution < 1.29 is 14.3 Å². The molecule has 0 saturated heterocycles. The summed E-state index contributed by atoms with van der Waals surface area (Å²) < 4.78 is 12.6. The van der Waals surface area contributed by atoms with Crippen molar-refractivity contribution in [1.82, 2.24) is 5.32 Å². The van der Waals surface area contributed by atoms with Crippen LogP contribution in [0.15, 0.2) is 24.3 Å². The Kier molecular flexibility index (Phi) is 5.83. The van der Waals surface area contributed by atoms with E-state index in [4.69, 9.17) is 5.11 Å². The highest BCUT2D eigenvalue weighted by Gasteiger charge is 1.97. The van der Waals surface area contributed by atoms with E-state index < -0.39 is 5.97 Å². The fourth-order valence-electron chi connectivity index (χ4n) is 0.961.